The summed E-state index contributed by atoms with van der Waals surface area (Å²) in [6, 6.07) is 14.7. The Morgan fingerprint density at radius 2 is 1.97 bits per heavy atom. The van der Waals surface area contributed by atoms with Crippen LogP contribution in [0.15, 0.2) is 42.5 Å². The van der Waals surface area contributed by atoms with E-state index in [1.807, 2.05) is 12.1 Å². The molecule has 5 heteroatoms. The summed E-state index contributed by atoms with van der Waals surface area (Å²) < 4.78 is 16.6. The number of nitrogens with one attached hydrogen (secondary N) is 1. The molecule has 0 radical (unpaired) electrons. The number of methoxy groups -OCH3 is 2. The number of hydrogen-bond donors (Lipinski definition) is 1. The third kappa shape index (κ3) is 4.04. The highest BCUT2D eigenvalue weighted by atomic mass is 16.6. The van der Waals surface area contributed by atoms with Gasteiger partial charge in [-0.2, -0.15) is 0 Å². The molecule has 0 bridgehead atoms. The molecule has 3 unspecified atom stereocenters. The van der Waals surface area contributed by atoms with Crippen LogP contribution >= 0.6 is 0 Å². The molecule has 0 saturated carbocycles. The van der Waals surface area contributed by atoms with Crippen molar-refractivity contribution in [3.63, 3.8) is 0 Å². The summed E-state index contributed by atoms with van der Waals surface area (Å²) in [5, 5.41) is 2.84. The van der Waals surface area contributed by atoms with E-state index in [1.54, 1.807) is 14.2 Å². The first-order chi connectivity index (χ1) is 14.2. The van der Waals surface area contributed by atoms with E-state index in [1.165, 1.54) is 16.7 Å². The number of carbonyl (C=O) groups is 1. The van der Waals surface area contributed by atoms with E-state index in [0.29, 0.717) is 12.5 Å². The van der Waals surface area contributed by atoms with Crippen molar-refractivity contribution in [3.8, 4) is 11.5 Å². The second kappa shape index (κ2) is 8.76. The van der Waals surface area contributed by atoms with Gasteiger partial charge in [0.2, 0.25) is 0 Å². The quantitative estimate of drug-likeness (QED) is 0.751. The van der Waals surface area contributed by atoms with Gasteiger partial charge in [0.05, 0.1) is 20.8 Å². The Labute approximate surface area is 172 Å². The van der Waals surface area contributed by atoms with Crippen LogP contribution in [0.5, 0.6) is 11.5 Å². The van der Waals surface area contributed by atoms with E-state index >= 15 is 0 Å². The number of aryl methyl sites for hydroxylation is 2. The molecule has 29 heavy (non-hydrogen) atoms. The molecule has 2 aromatic rings. The number of rotatable bonds is 7. The number of hydrogen-bond acceptors (Lipinski definition) is 4. The summed E-state index contributed by atoms with van der Waals surface area (Å²) >= 11 is 0. The van der Waals surface area contributed by atoms with E-state index in [2.05, 4.69) is 35.6 Å². The summed E-state index contributed by atoms with van der Waals surface area (Å²) in [6.45, 7) is 0.595. The summed E-state index contributed by atoms with van der Waals surface area (Å²) in [5.74, 6) is 2.36. The molecule has 1 heterocycles. The smallest absolute Gasteiger partial charge is 0.407 e. The molecular formula is C24H29NO4. The van der Waals surface area contributed by atoms with Gasteiger partial charge in [0, 0.05) is 5.92 Å². The first-order valence-corrected chi connectivity index (χ1v) is 10.4. The number of amides is 1. The standard InChI is InChI=1S/C24H29NO4/c1-27-20-12-6-10-18(23(20)28-2)9-5-8-17-14-13-16-7-3-4-11-19(16)22(17)21-15-25-24(26)29-21/h3-4,6-7,10-12,17,21-22H,5,8-9,13-15H2,1-2H3,(H,25,26). The normalized spacial score (nSPS) is 23.1. The molecule has 4 rings (SSSR count). The van der Waals surface area contributed by atoms with E-state index in [0.717, 1.165) is 43.6 Å². The van der Waals surface area contributed by atoms with Crippen LogP contribution in [0, 0.1) is 5.92 Å². The van der Waals surface area contributed by atoms with Gasteiger partial charge in [0.15, 0.2) is 11.5 Å². The maximum atomic E-state index is 11.7. The van der Waals surface area contributed by atoms with Crippen LogP contribution in [0.1, 0.15) is 41.9 Å². The molecule has 1 N–H and O–H groups in total. The fourth-order valence-electron chi connectivity index (χ4n) is 5.00. The van der Waals surface area contributed by atoms with Crippen molar-refractivity contribution in [1.82, 2.24) is 5.32 Å². The minimum absolute atomic E-state index is 0.0831. The Bertz CT molecular complexity index is 866. The van der Waals surface area contributed by atoms with Crippen molar-refractivity contribution in [2.75, 3.05) is 20.8 Å². The molecule has 1 aliphatic heterocycles. The van der Waals surface area contributed by atoms with Crippen LogP contribution < -0.4 is 14.8 Å². The van der Waals surface area contributed by atoms with Gasteiger partial charge >= 0.3 is 6.09 Å². The first-order valence-electron chi connectivity index (χ1n) is 10.4. The van der Waals surface area contributed by atoms with Gasteiger partial charge in [-0.3, -0.25) is 0 Å². The number of para-hydroxylation sites is 1. The highest BCUT2D eigenvalue weighted by Crippen LogP contribution is 2.43. The van der Waals surface area contributed by atoms with Crippen molar-refractivity contribution in [1.29, 1.82) is 0 Å². The topological polar surface area (TPSA) is 56.8 Å². The Hall–Kier alpha value is -2.69. The summed E-state index contributed by atoms with van der Waals surface area (Å²) in [5.41, 5.74) is 3.92. The Balaban J connectivity index is 1.48. The van der Waals surface area contributed by atoms with Crippen molar-refractivity contribution >= 4 is 6.09 Å². The molecule has 154 valence electrons. The van der Waals surface area contributed by atoms with E-state index < -0.39 is 0 Å². The van der Waals surface area contributed by atoms with Crippen LogP contribution in [-0.4, -0.2) is 33.0 Å². The Kier molecular flexibility index (Phi) is 5.93. The van der Waals surface area contributed by atoms with Crippen molar-refractivity contribution in [2.24, 2.45) is 5.92 Å². The third-order valence-corrected chi connectivity index (χ3v) is 6.32. The molecule has 1 fully saturated rings. The average molecular weight is 395 g/mol. The molecule has 1 aliphatic carbocycles. The summed E-state index contributed by atoms with van der Waals surface area (Å²) in [4.78, 5) is 11.7. The van der Waals surface area contributed by atoms with Crippen LogP contribution in [0.2, 0.25) is 0 Å². The highest BCUT2D eigenvalue weighted by Gasteiger charge is 2.39. The molecular weight excluding hydrogens is 366 g/mol. The second-order valence-electron chi connectivity index (χ2n) is 7.89. The van der Waals surface area contributed by atoms with E-state index in [4.69, 9.17) is 14.2 Å². The molecule has 3 atom stereocenters. The maximum Gasteiger partial charge on any atom is 0.407 e. The Morgan fingerprint density at radius 3 is 2.72 bits per heavy atom. The van der Waals surface area contributed by atoms with Crippen LogP contribution in [0.25, 0.3) is 0 Å². The minimum Gasteiger partial charge on any atom is -0.493 e. The Morgan fingerprint density at radius 1 is 1.10 bits per heavy atom. The van der Waals surface area contributed by atoms with Crippen molar-refractivity contribution in [3.05, 3.63) is 59.2 Å². The average Bonchev–Trinajstić information content (AvgIpc) is 3.18. The van der Waals surface area contributed by atoms with Gasteiger partial charge in [-0.25, -0.2) is 4.79 Å². The molecule has 0 spiro atoms. The predicted octanol–water partition coefficient (Wildman–Crippen LogP) is 4.48. The largest absolute Gasteiger partial charge is 0.493 e. The van der Waals surface area contributed by atoms with Crippen molar-refractivity contribution < 1.29 is 19.0 Å². The molecule has 2 aromatic carbocycles. The zero-order valence-corrected chi connectivity index (χ0v) is 17.1. The SMILES string of the molecule is COc1cccc(CCCC2CCc3ccccc3C2C2CNC(=O)O2)c1OC. The van der Waals surface area contributed by atoms with Crippen LogP contribution in [0.3, 0.4) is 0 Å². The maximum absolute atomic E-state index is 11.7. The predicted molar refractivity (Wildman–Crippen MR) is 112 cm³/mol. The summed E-state index contributed by atoms with van der Waals surface area (Å²) in [6.07, 6.45) is 4.93. The molecule has 5 nitrogen and oxygen atoms in total. The van der Waals surface area contributed by atoms with E-state index in [9.17, 15) is 4.79 Å². The van der Waals surface area contributed by atoms with Gasteiger partial charge < -0.3 is 19.5 Å². The summed E-state index contributed by atoms with van der Waals surface area (Å²) in [7, 11) is 3.36. The lowest BCUT2D eigenvalue weighted by Crippen LogP contribution is -2.33. The second-order valence-corrected chi connectivity index (χ2v) is 7.89. The number of carbonyl (C=O) groups excluding carboxylic acids is 1. The van der Waals surface area contributed by atoms with Gasteiger partial charge in [0.25, 0.3) is 0 Å². The number of ether oxygens (including phenoxy) is 3. The van der Waals surface area contributed by atoms with E-state index in [-0.39, 0.29) is 18.1 Å². The number of fused-ring (bicyclic) bond motifs is 1. The molecule has 0 aromatic heterocycles. The zero-order valence-electron chi connectivity index (χ0n) is 17.1. The number of alkyl carbamates (subject to hydrolysis) is 1. The minimum atomic E-state index is -0.294. The van der Waals surface area contributed by atoms with Crippen molar-refractivity contribution in [2.45, 2.75) is 44.1 Å². The highest BCUT2D eigenvalue weighted by molar-refractivity contribution is 5.69. The third-order valence-electron chi connectivity index (χ3n) is 6.32. The van der Waals surface area contributed by atoms with Gasteiger partial charge in [-0.1, -0.05) is 36.4 Å². The lowest BCUT2D eigenvalue weighted by Gasteiger charge is -2.36. The van der Waals surface area contributed by atoms with Gasteiger partial charge in [-0.05, 0) is 60.8 Å². The van der Waals surface area contributed by atoms with Crippen LogP contribution in [0.4, 0.5) is 4.79 Å². The lowest BCUT2D eigenvalue weighted by molar-refractivity contribution is 0.101. The lowest BCUT2D eigenvalue weighted by atomic mass is 9.70. The monoisotopic (exact) mass is 395 g/mol. The van der Waals surface area contributed by atoms with Gasteiger partial charge in [0.1, 0.15) is 6.10 Å². The number of benzene rings is 2. The molecule has 1 saturated heterocycles. The zero-order chi connectivity index (χ0) is 20.2. The number of cyclic esters (lactones) is 1. The fraction of sp³-hybridized carbons (Fsp3) is 0.458. The van der Waals surface area contributed by atoms with Crippen LogP contribution in [-0.2, 0) is 17.6 Å². The first kappa shape index (κ1) is 19.6. The van der Waals surface area contributed by atoms with Gasteiger partial charge in [-0.15, -0.1) is 0 Å². The molecule has 1 amide bonds. The fourth-order valence-corrected chi connectivity index (χ4v) is 5.00. The molecule has 2 aliphatic rings.